The second kappa shape index (κ2) is 2.87. The number of hydrogen-bond acceptors (Lipinski definition) is 5. The summed E-state index contributed by atoms with van der Waals surface area (Å²) < 4.78 is 0. The molecule has 5 heteroatoms. The predicted molar refractivity (Wildman–Crippen MR) is 53.8 cm³/mol. The molecule has 0 unspecified atom stereocenters. The molecule has 2 heterocycles. The lowest BCUT2D eigenvalue weighted by Gasteiger charge is -2.03. The van der Waals surface area contributed by atoms with Crippen LogP contribution in [-0.4, -0.2) is 19.9 Å². The lowest BCUT2D eigenvalue weighted by Crippen LogP contribution is -2.03. The van der Waals surface area contributed by atoms with Crippen LogP contribution in [0.25, 0.3) is 11.2 Å². The molecular weight excluding hydrogens is 178 g/mol. The van der Waals surface area contributed by atoms with Crippen LogP contribution in [0.2, 0.25) is 0 Å². The van der Waals surface area contributed by atoms with Crippen LogP contribution in [0.4, 0.5) is 5.95 Å². The number of hydrogen-bond donors (Lipinski definition) is 1. The zero-order valence-electron chi connectivity index (χ0n) is 8.37. The first kappa shape index (κ1) is 8.80. The Labute approximate surface area is 81.4 Å². The van der Waals surface area contributed by atoms with Gasteiger partial charge in [-0.3, -0.25) is 0 Å². The SMILES string of the molecule is Cc1nc2nc(N)nc(C)c2nc1C. The van der Waals surface area contributed by atoms with Gasteiger partial charge in [-0.1, -0.05) is 0 Å². The predicted octanol–water partition coefficient (Wildman–Crippen LogP) is 0.927. The Balaban J connectivity index is 2.89. The summed E-state index contributed by atoms with van der Waals surface area (Å²) in [6, 6.07) is 0. The standard InChI is InChI=1S/C9H11N5/c1-4-5(2)12-8-7(11-4)6(3)13-9(10)14-8/h1-3H3,(H2,10,12,13,14). The molecule has 0 aliphatic rings. The van der Waals surface area contributed by atoms with E-state index in [9.17, 15) is 0 Å². The lowest BCUT2D eigenvalue weighted by atomic mass is 10.3. The number of fused-ring (bicyclic) bond motifs is 1. The van der Waals surface area contributed by atoms with Crippen molar-refractivity contribution in [1.82, 2.24) is 19.9 Å². The van der Waals surface area contributed by atoms with E-state index in [1.807, 2.05) is 20.8 Å². The molecule has 5 nitrogen and oxygen atoms in total. The smallest absolute Gasteiger partial charge is 0.222 e. The molecule has 2 aromatic heterocycles. The van der Waals surface area contributed by atoms with Crippen LogP contribution >= 0.6 is 0 Å². The Bertz CT molecular complexity index is 506. The summed E-state index contributed by atoms with van der Waals surface area (Å²) in [7, 11) is 0. The van der Waals surface area contributed by atoms with Gasteiger partial charge in [0.25, 0.3) is 0 Å². The Morgan fingerprint density at radius 2 is 1.43 bits per heavy atom. The van der Waals surface area contributed by atoms with Crippen LogP contribution < -0.4 is 5.73 Å². The quantitative estimate of drug-likeness (QED) is 0.667. The number of anilines is 1. The van der Waals surface area contributed by atoms with E-state index in [4.69, 9.17) is 5.73 Å². The van der Waals surface area contributed by atoms with Gasteiger partial charge in [0.2, 0.25) is 5.95 Å². The van der Waals surface area contributed by atoms with Gasteiger partial charge >= 0.3 is 0 Å². The Morgan fingerprint density at radius 1 is 0.786 bits per heavy atom. The maximum absolute atomic E-state index is 5.52. The highest BCUT2D eigenvalue weighted by Gasteiger charge is 2.07. The van der Waals surface area contributed by atoms with E-state index in [1.54, 1.807) is 0 Å². The van der Waals surface area contributed by atoms with Gasteiger partial charge in [-0.25, -0.2) is 15.0 Å². The monoisotopic (exact) mass is 189 g/mol. The zero-order chi connectivity index (χ0) is 10.3. The average molecular weight is 189 g/mol. The summed E-state index contributed by atoms with van der Waals surface area (Å²) in [5.74, 6) is 0.243. The highest BCUT2D eigenvalue weighted by molar-refractivity contribution is 5.73. The Kier molecular flexibility index (Phi) is 1.80. The molecule has 0 aromatic carbocycles. The Morgan fingerprint density at radius 3 is 2.14 bits per heavy atom. The summed E-state index contributed by atoms with van der Waals surface area (Å²) in [6.07, 6.45) is 0. The van der Waals surface area contributed by atoms with Gasteiger partial charge in [0.15, 0.2) is 5.65 Å². The molecule has 14 heavy (non-hydrogen) atoms. The summed E-state index contributed by atoms with van der Waals surface area (Å²) in [5, 5.41) is 0. The van der Waals surface area contributed by atoms with E-state index >= 15 is 0 Å². The highest BCUT2D eigenvalue weighted by Crippen LogP contribution is 2.13. The third kappa shape index (κ3) is 1.26. The van der Waals surface area contributed by atoms with Crippen LogP contribution in [0.3, 0.4) is 0 Å². The molecule has 2 N–H and O–H groups in total. The number of nitrogens with zero attached hydrogens (tertiary/aromatic N) is 4. The minimum Gasteiger partial charge on any atom is -0.368 e. The second-order valence-electron chi connectivity index (χ2n) is 3.23. The van der Waals surface area contributed by atoms with Crippen molar-refractivity contribution in [1.29, 1.82) is 0 Å². The van der Waals surface area contributed by atoms with Crippen LogP contribution in [0.1, 0.15) is 17.1 Å². The van der Waals surface area contributed by atoms with E-state index in [-0.39, 0.29) is 5.95 Å². The van der Waals surface area contributed by atoms with Gasteiger partial charge in [0.1, 0.15) is 5.52 Å². The topological polar surface area (TPSA) is 77.6 Å². The number of rotatable bonds is 0. The van der Waals surface area contributed by atoms with Crippen molar-refractivity contribution in [2.75, 3.05) is 5.73 Å². The van der Waals surface area contributed by atoms with Gasteiger partial charge in [-0.2, -0.15) is 4.98 Å². The number of nitrogens with two attached hydrogens (primary N) is 1. The van der Waals surface area contributed by atoms with Crippen molar-refractivity contribution >= 4 is 17.1 Å². The molecule has 0 amide bonds. The molecule has 0 bridgehead atoms. The van der Waals surface area contributed by atoms with Gasteiger partial charge in [0.05, 0.1) is 17.1 Å². The van der Waals surface area contributed by atoms with Crippen LogP contribution in [0.5, 0.6) is 0 Å². The van der Waals surface area contributed by atoms with Crippen LogP contribution in [0.15, 0.2) is 0 Å². The van der Waals surface area contributed by atoms with E-state index in [0.29, 0.717) is 5.65 Å². The average Bonchev–Trinajstić information content (AvgIpc) is 2.08. The first-order valence-corrected chi connectivity index (χ1v) is 4.33. The Hall–Kier alpha value is -1.78. The molecule has 72 valence electrons. The largest absolute Gasteiger partial charge is 0.368 e. The fraction of sp³-hybridized carbons (Fsp3) is 0.333. The summed E-state index contributed by atoms with van der Waals surface area (Å²) in [4.78, 5) is 16.7. The molecule has 2 aromatic rings. The van der Waals surface area contributed by atoms with Gasteiger partial charge in [0, 0.05) is 0 Å². The maximum Gasteiger partial charge on any atom is 0.222 e. The second-order valence-corrected chi connectivity index (χ2v) is 3.23. The molecule has 0 aliphatic carbocycles. The zero-order valence-corrected chi connectivity index (χ0v) is 8.37. The molecule has 0 saturated heterocycles. The summed E-state index contributed by atoms with van der Waals surface area (Å²) in [5.41, 5.74) is 9.35. The van der Waals surface area contributed by atoms with Crippen molar-refractivity contribution in [2.24, 2.45) is 0 Å². The first-order chi connectivity index (χ1) is 6.58. The molecule has 0 aliphatic heterocycles. The molecule has 0 fully saturated rings. The van der Waals surface area contributed by atoms with Crippen molar-refractivity contribution in [3.63, 3.8) is 0 Å². The summed E-state index contributed by atoms with van der Waals surface area (Å²) in [6.45, 7) is 5.66. The summed E-state index contributed by atoms with van der Waals surface area (Å²) >= 11 is 0. The molecule has 0 spiro atoms. The van der Waals surface area contributed by atoms with Crippen molar-refractivity contribution < 1.29 is 0 Å². The minimum absolute atomic E-state index is 0.243. The molecule has 0 saturated carbocycles. The van der Waals surface area contributed by atoms with Gasteiger partial charge < -0.3 is 5.73 Å². The van der Waals surface area contributed by atoms with E-state index in [2.05, 4.69) is 19.9 Å². The van der Waals surface area contributed by atoms with Gasteiger partial charge in [-0.05, 0) is 20.8 Å². The normalized spacial score (nSPS) is 10.8. The van der Waals surface area contributed by atoms with Crippen molar-refractivity contribution in [3.8, 4) is 0 Å². The van der Waals surface area contributed by atoms with Crippen molar-refractivity contribution in [2.45, 2.75) is 20.8 Å². The number of aryl methyl sites for hydroxylation is 3. The van der Waals surface area contributed by atoms with E-state index in [0.717, 1.165) is 22.6 Å². The highest BCUT2D eigenvalue weighted by atomic mass is 15.1. The van der Waals surface area contributed by atoms with E-state index < -0.39 is 0 Å². The molecule has 2 rings (SSSR count). The van der Waals surface area contributed by atoms with Crippen LogP contribution in [-0.2, 0) is 0 Å². The van der Waals surface area contributed by atoms with E-state index in [1.165, 1.54) is 0 Å². The molecule has 0 radical (unpaired) electrons. The number of aromatic nitrogens is 4. The van der Waals surface area contributed by atoms with Gasteiger partial charge in [-0.15, -0.1) is 0 Å². The third-order valence-electron chi connectivity index (χ3n) is 2.13. The fourth-order valence-corrected chi connectivity index (χ4v) is 1.27. The van der Waals surface area contributed by atoms with Crippen LogP contribution in [0, 0.1) is 20.8 Å². The fourth-order valence-electron chi connectivity index (χ4n) is 1.27. The number of nitrogen functional groups attached to an aromatic ring is 1. The molecular formula is C9H11N5. The third-order valence-corrected chi connectivity index (χ3v) is 2.13. The minimum atomic E-state index is 0.243. The maximum atomic E-state index is 5.52. The molecule has 0 atom stereocenters. The van der Waals surface area contributed by atoms with Crippen molar-refractivity contribution in [3.05, 3.63) is 17.1 Å². The lowest BCUT2D eigenvalue weighted by molar-refractivity contribution is 1.04. The first-order valence-electron chi connectivity index (χ1n) is 4.33.